The van der Waals surface area contributed by atoms with Gasteiger partial charge in [0, 0.05) is 35.6 Å². The summed E-state index contributed by atoms with van der Waals surface area (Å²) in [5.74, 6) is 0.821. The van der Waals surface area contributed by atoms with Crippen molar-refractivity contribution in [2.75, 3.05) is 13.6 Å². The van der Waals surface area contributed by atoms with Crippen LogP contribution in [0.3, 0.4) is 0 Å². The van der Waals surface area contributed by atoms with Crippen molar-refractivity contribution in [1.29, 1.82) is 0 Å². The first-order valence-corrected chi connectivity index (χ1v) is 9.33. The summed E-state index contributed by atoms with van der Waals surface area (Å²) in [4.78, 5) is 13.4. The quantitative estimate of drug-likeness (QED) is 0.291. The predicted molar refractivity (Wildman–Crippen MR) is 122 cm³/mol. The summed E-state index contributed by atoms with van der Waals surface area (Å²) in [5, 5.41) is 9.17. The van der Waals surface area contributed by atoms with Crippen LogP contribution in [0.2, 0.25) is 0 Å². The molecule has 0 aliphatic rings. The Labute approximate surface area is 175 Å². The van der Waals surface area contributed by atoms with Gasteiger partial charge in [0.25, 0.3) is 0 Å². The van der Waals surface area contributed by atoms with Gasteiger partial charge in [0.1, 0.15) is 0 Å². The zero-order chi connectivity index (χ0) is 17.8. The first kappa shape index (κ1) is 20.7. The number of H-pyrrole nitrogens is 1. The van der Waals surface area contributed by atoms with Crippen LogP contribution in [0.1, 0.15) is 26.7 Å². The number of thiazole rings is 1. The van der Waals surface area contributed by atoms with E-state index in [2.05, 4.69) is 63.8 Å². The van der Waals surface area contributed by atoms with E-state index in [-0.39, 0.29) is 24.0 Å². The highest BCUT2D eigenvalue weighted by atomic mass is 127. The van der Waals surface area contributed by atoms with Crippen LogP contribution in [0.25, 0.3) is 10.9 Å². The molecule has 3 N–H and O–H groups in total. The summed E-state index contributed by atoms with van der Waals surface area (Å²) in [7, 11) is 1.80. The second kappa shape index (κ2) is 9.36. The first-order chi connectivity index (χ1) is 12.1. The molecule has 0 saturated carbocycles. The van der Waals surface area contributed by atoms with E-state index in [0.717, 1.165) is 36.2 Å². The van der Waals surface area contributed by atoms with Crippen molar-refractivity contribution >= 4 is 52.2 Å². The molecule has 0 aliphatic heterocycles. The van der Waals surface area contributed by atoms with Crippen LogP contribution in [0.4, 0.5) is 0 Å². The maximum Gasteiger partial charge on any atom is 0.191 e. The van der Waals surface area contributed by atoms with Crippen molar-refractivity contribution in [2.45, 2.75) is 33.7 Å². The SMILES string of the molecule is CN=C(NCCc1c[nH]c2c(C)cccc12)NCc1sc(C)nc1C.I. The maximum atomic E-state index is 4.46. The minimum absolute atomic E-state index is 0. The number of aromatic nitrogens is 2. The van der Waals surface area contributed by atoms with Gasteiger partial charge < -0.3 is 15.6 Å². The predicted octanol–water partition coefficient (Wildman–Crippen LogP) is 4.08. The smallest absolute Gasteiger partial charge is 0.191 e. The molecule has 0 fully saturated rings. The van der Waals surface area contributed by atoms with Gasteiger partial charge in [0.15, 0.2) is 5.96 Å². The Balaban J connectivity index is 0.00000243. The van der Waals surface area contributed by atoms with E-state index in [1.807, 2.05) is 6.92 Å². The molecule has 140 valence electrons. The highest BCUT2D eigenvalue weighted by Gasteiger charge is 2.07. The Hall–Kier alpha value is -1.61. The number of aryl methyl sites for hydroxylation is 3. The van der Waals surface area contributed by atoms with Gasteiger partial charge in [-0.25, -0.2) is 4.98 Å². The van der Waals surface area contributed by atoms with E-state index in [4.69, 9.17) is 0 Å². The van der Waals surface area contributed by atoms with Crippen LogP contribution in [0, 0.1) is 20.8 Å². The summed E-state index contributed by atoms with van der Waals surface area (Å²) in [6, 6.07) is 6.42. The number of aromatic amines is 1. The van der Waals surface area contributed by atoms with E-state index in [9.17, 15) is 0 Å². The number of benzene rings is 1. The molecule has 3 aromatic rings. The third-order valence-electron chi connectivity index (χ3n) is 4.34. The Morgan fingerprint density at radius 2 is 2.04 bits per heavy atom. The number of aliphatic imine (C=N–C) groups is 1. The van der Waals surface area contributed by atoms with Crippen LogP contribution in [-0.2, 0) is 13.0 Å². The van der Waals surface area contributed by atoms with Crippen LogP contribution in [0.15, 0.2) is 29.4 Å². The van der Waals surface area contributed by atoms with E-state index in [1.165, 1.54) is 26.9 Å². The molecule has 3 rings (SSSR count). The normalized spacial score (nSPS) is 11.5. The molecule has 26 heavy (non-hydrogen) atoms. The molecule has 2 aromatic heterocycles. The standard InChI is InChI=1S/C19H25N5S.HI/c1-12-6-5-7-16-15(10-22-18(12)16)8-9-21-19(20-4)23-11-17-13(2)24-14(3)25-17;/h5-7,10,22H,8-9,11H2,1-4H3,(H2,20,21,23);1H. The molecular weight excluding hydrogens is 457 g/mol. The zero-order valence-electron chi connectivity index (χ0n) is 15.6. The molecule has 0 bridgehead atoms. The lowest BCUT2D eigenvalue weighted by molar-refractivity contribution is 0.798. The molecule has 0 spiro atoms. The third-order valence-corrected chi connectivity index (χ3v) is 5.41. The van der Waals surface area contributed by atoms with Crippen molar-refractivity contribution < 1.29 is 0 Å². The number of nitrogens with zero attached hydrogens (tertiary/aromatic N) is 2. The number of rotatable bonds is 5. The van der Waals surface area contributed by atoms with Crippen molar-refractivity contribution in [3.05, 3.63) is 51.1 Å². The molecular formula is C19H26IN5S. The monoisotopic (exact) mass is 483 g/mol. The average Bonchev–Trinajstić information content (AvgIpc) is 3.14. The van der Waals surface area contributed by atoms with Crippen LogP contribution in [-0.4, -0.2) is 29.5 Å². The molecule has 5 nitrogen and oxygen atoms in total. The molecule has 1 aromatic carbocycles. The number of hydrogen-bond acceptors (Lipinski definition) is 3. The number of guanidine groups is 1. The number of fused-ring (bicyclic) bond motifs is 1. The lowest BCUT2D eigenvalue weighted by Crippen LogP contribution is -2.37. The van der Waals surface area contributed by atoms with Crippen LogP contribution < -0.4 is 10.6 Å². The highest BCUT2D eigenvalue weighted by molar-refractivity contribution is 14.0. The maximum absolute atomic E-state index is 4.46. The fourth-order valence-corrected chi connectivity index (χ4v) is 3.89. The second-order valence-corrected chi connectivity index (χ2v) is 7.44. The molecule has 7 heteroatoms. The lowest BCUT2D eigenvalue weighted by atomic mass is 10.1. The molecule has 0 aliphatic carbocycles. The molecule has 0 amide bonds. The summed E-state index contributed by atoms with van der Waals surface area (Å²) in [5.41, 5.74) is 4.94. The fourth-order valence-electron chi connectivity index (χ4n) is 3.01. The molecule has 0 saturated heterocycles. The fraction of sp³-hybridized carbons (Fsp3) is 0.368. The van der Waals surface area contributed by atoms with Gasteiger partial charge in [-0.2, -0.15) is 0 Å². The van der Waals surface area contributed by atoms with Crippen molar-refractivity contribution in [3.63, 3.8) is 0 Å². The highest BCUT2D eigenvalue weighted by Crippen LogP contribution is 2.21. The summed E-state index contributed by atoms with van der Waals surface area (Å²) in [6.07, 6.45) is 3.06. The Kier molecular flexibility index (Phi) is 7.45. The van der Waals surface area contributed by atoms with E-state index in [0.29, 0.717) is 0 Å². The van der Waals surface area contributed by atoms with Crippen LogP contribution >= 0.6 is 35.3 Å². The molecule has 0 radical (unpaired) electrons. The molecule has 0 unspecified atom stereocenters. The van der Waals surface area contributed by atoms with Gasteiger partial charge in [0.05, 0.1) is 17.2 Å². The van der Waals surface area contributed by atoms with Crippen molar-refractivity contribution in [2.24, 2.45) is 4.99 Å². The largest absolute Gasteiger partial charge is 0.361 e. The van der Waals surface area contributed by atoms with E-state index >= 15 is 0 Å². The Morgan fingerprint density at radius 1 is 1.23 bits per heavy atom. The van der Waals surface area contributed by atoms with E-state index < -0.39 is 0 Å². The van der Waals surface area contributed by atoms with Gasteiger partial charge in [-0.05, 0) is 38.3 Å². The molecule has 0 atom stereocenters. The minimum atomic E-state index is 0. The number of hydrogen-bond donors (Lipinski definition) is 3. The summed E-state index contributed by atoms with van der Waals surface area (Å²) in [6.45, 7) is 7.81. The van der Waals surface area contributed by atoms with Crippen LogP contribution in [0.5, 0.6) is 0 Å². The minimum Gasteiger partial charge on any atom is -0.361 e. The third kappa shape index (κ3) is 4.76. The van der Waals surface area contributed by atoms with Crippen molar-refractivity contribution in [1.82, 2.24) is 20.6 Å². The number of para-hydroxylation sites is 1. The topological polar surface area (TPSA) is 65.1 Å². The van der Waals surface area contributed by atoms with Gasteiger partial charge in [-0.1, -0.05) is 18.2 Å². The van der Waals surface area contributed by atoms with Gasteiger partial charge in [0.2, 0.25) is 0 Å². The van der Waals surface area contributed by atoms with Gasteiger partial charge >= 0.3 is 0 Å². The number of halogens is 1. The first-order valence-electron chi connectivity index (χ1n) is 8.51. The van der Waals surface area contributed by atoms with E-state index in [1.54, 1.807) is 18.4 Å². The number of nitrogens with one attached hydrogen (secondary N) is 3. The Morgan fingerprint density at radius 3 is 2.73 bits per heavy atom. The lowest BCUT2D eigenvalue weighted by Gasteiger charge is -2.11. The van der Waals surface area contributed by atoms with Gasteiger partial charge in [-0.3, -0.25) is 4.99 Å². The Bertz CT molecular complexity index is 897. The second-order valence-electron chi connectivity index (χ2n) is 6.16. The average molecular weight is 483 g/mol. The summed E-state index contributed by atoms with van der Waals surface area (Å²) >= 11 is 1.73. The zero-order valence-corrected chi connectivity index (χ0v) is 18.8. The molecule has 2 heterocycles. The van der Waals surface area contributed by atoms with Gasteiger partial charge in [-0.15, -0.1) is 35.3 Å². The van der Waals surface area contributed by atoms with Crippen molar-refractivity contribution in [3.8, 4) is 0 Å². The summed E-state index contributed by atoms with van der Waals surface area (Å²) < 4.78 is 0.